The number of hydrogen-bond acceptors (Lipinski definition) is 1. The van der Waals surface area contributed by atoms with E-state index >= 15 is 0 Å². The van der Waals surface area contributed by atoms with E-state index < -0.39 is 0 Å². The number of nitrogens with one attached hydrogen (secondary N) is 1. The summed E-state index contributed by atoms with van der Waals surface area (Å²) in [5, 5.41) is 4.26. The van der Waals surface area contributed by atoms with Crippen molar-refractivity contribution in [1.82, 2.24) is 5.32 Å². The number of benzene rings is 2. The average Bonchev–Trinajstić information content (AvgIpc) is 2.46. The Labute approximate surface area is 131 Å². The van der Waals surface area contributed by atoms with E-state index in [1.54, 1.807) is 0 Å². The number of likely N-dealkylation sites (N-methyl/N-ethyl adjacent to an activating group) is 1. The van der Waals surface area contributed by atoms with Crippen LogP contribution in [-0.4, -0.2) is 6.54 Å². The van der Waals surface area contributed by atoms with Crippen molar-refractivity contribution < 1.29 is 4.39 Å². The molecule has 1 nitrogen and oxygen atoms in total. The largest absolute Gasteiger partial charge is 0.309 e. The predicted molar refractivity (Wildman–Crippen MR) is 87.3 cm³/mol. The fourth-order valence-electron chi connectivity index (χ4n) is 2.71. The van der Waals surface area contributed by atoms with Crippen LogP contribution in [0.1, 0.15) is 37.9 Å². The van der Waals surface area contributed by atoms with Crippen LogP contribution in [0.5, 0.6) is 0 Å². The second-order valence-electron chi connectivity index (χ2n) is 5.74. The Balaban J connectivity index is 2.45. The average molecular weight is 306 g/mol. The summed E-state index contributed by atoms with van der Waals surface area (Å²) in [6.45, 7) is 7.21. The van der Waals surface area contributed by atoms with Crippen LogP contribution >= 0.6 is 11.6 Å². The molecule has 1 atom stereocenters. The molecular formula is C18H21ClFN. The standard InChI is InChI=1S/C18H21ClFN/c1-4-21-17(15-7-5-6-8-16(15)19)18(2,3)13-9-11-14(20)12-10-13/h5-12,17,21H,4H2,1-3H3. The van der Waals surface area contributed by atoms with Crippen LogP contribution in [0, 0.1) is 5.82 Å². The first-order valence-electron chi connectivity index (χ1n) is 7.20. The third-order valence-corrected chi connectivity index (χ3v) is 4.28. The lowest BCUT2D eigenvalue weighted by molar-refractivity contribution is 0.353. The minimum absolute atomic E-state index is 0.0571. The summed E-state index contributed by atoms with van der Waals surface area (Å²) in [5.41, 5.74) is 1.93. The van der Waals surface area contributed by atoms with E-state index in [2.05, 4.69) is 26.1 Å². The summed E-state index contributed by atoms with van der Waals surface area (Å²) in [6.07, 6.45) is 0. The van der Waals surface area contributed by atoms with Crippen LogP contribution in [0.15, 0.2) is 48.5 Å². The quantitative estimate of drug-likeness (QED) is 0.809. The first-order valence-corrected chi connectivity index (χ1v) is 7.58. The van der Waals surface area contributed by atoms with Gasteiger partial charge in [-0.1, -0.05) is 62.7 Å². The highest BCUT2D eigenvalue weighted by Crippen LogP contribution is 2.39. The van der Waals surface area contributed by atoms with E-state index in [0.717, 1.165) is 22.7 Å². The number of halogens is 2. The molecular weight excluding hydrogens is 285 g/mol. The lowest BCUT2D eigenvalue weighted by Crippen LogP contribution is -2.37. The number of hydrogen-bond donors (Lipinski definition) is 1. The molecule has 21 heavy (non-hydrogen) atoms. The zero-order valence-electron chi connectivity index (χ0n) is 12.7. The molecule has 0 saturated carbocycles. The van der Waals surface area contributed by atoms with E-state index in [4.69, 9.17) is 11.6 Å². The van der Waals surface area contributed by atoms with Crippen molar-refractivity contribution in [2.45, 2.75) is 32.2 Å². The van der Waals surface area contributed by atoms with Crippen molar-refractivity contribution in [3.8, 4) is 0 Å². The van der Waals surface area contributed by atoms with Crippen LogP contribution in [0.4, 0.5) is 4.39 Å². The van der Waals surface area contributed by atoms with Crippen LogP contribution in [0.3, 0.4) is 0 Å². The molecule has 0 aromatic heterocycles. The van der Waals surface area contributed by atoms with Gasteiger partial charge in [0, 0.05) is 16.5 Å². The van der Waals surface area contributed by atoms with Gasteiger partial charge in [-0.05, 0) is 35.9 Å². The highest BCUT2D eigenvalue weighted by atomic mass is 35.5. The summed E-state index contributed by atoms with van der Waals surface area (Å²) >= 11 is 6.37. The first kappa shape index (κ1) is 16.0. The molecule has 2 rings (SSSR count). The van der Waals surface area contributed by atoms with Gasteiger partial charge in [0.05, 0.1) is 0 Å². The maximum atomic E-state index is 13.2. The highest BCUT2D eigenvalue weighted by molar-refractivity contribution is 6.31. The second kappa shape index (κ2) is 6.59. The summed E-state index contributed by atoms with van der Waals surface area (Å²) in [6, 6.07) is 14.6. The molecule has 112 valence electrons. The van der Waals surface area contributed by atoms with Gasteiger partial charge >= 0.3 is 0 Å². The third-order valence-electron chi connectivity index (χ3n) is 3.93. The normalized spacial score (nSPS) is 13.2. The molecule has 3 heteroatoms. The SMILES string of the molecule is CCNC(c1ccccc1Cl)C(C)(C)c1ccc(F)cc1. The first-order chi connectivity index (χ1) is 9.96. The molecule has 1 unspecified atom stereocenters. The topological polar surface area (TPSA) is 12.0 Å². The fraction of sp³-hybridized carbons (Fsp3) is 0.333. The molecule has 0 spiro atoms. The summed E-state index contributed by atoms with van der Waals surface area (Å²) < 4.78 is 13.2. The van der Waals surface area contributed by atoms with E-state index in [9.17, 15) is 4.39 Å². The fourth-order valence-corrected chi connectivity index (χ4v) is 2.96. The van der Waals surface area contributed by atoms with Gasteiger partial charge in [-0.2, -0.15) is 0 Å². The summed E-state index contributed by atoms with van der Waals surface area (Å²) in [7, 11) is 0. The molecule has 0 saturated heterocycles. The second-order valence-corrected chi connectivity index (χ2v) is 6.15. The Morgan fingerprint density at radius 2 is 1.71 bits per heavy atom. The van der Waals surface area contributed by atoms with Crippen LogP contribution in [-0.2, 0) is 5.41 Å². The Hall–Kier alpha value is -1.38. The lowest BCUT2D eigenvalue weighted by Gasteiger charge is -2.36. The van der Waals surface area contributed by atoms with Gasteiger partial charge in [-0.3, -0.25) is 0 Å². The van der Waals surface area contributed by atoms with E-state index in [0.29, 0.717) is 0 Å². The van der Waals surface area contributed by atoms with E-state index in [-0.39, 0.29) is 17.3 Å². The molecule has 0 heterocycles. The van der Waals surface area contributed by atoms with Crippen molar-refractivity contribution in [2.75, 3.05) is 6.54 Å². The van der Waals surface area contributed by atoms with Gasteiger partial charge < -0.3 is 5.32 Å². The molecule has 1 N–H and O–H groups in total. The van der Waals surface area contributed by atoms with Crippen molar-refractivity contribution in [3.05, 3.63) is 70.5 Å². The minimum Gasteiger partial charge on any atom is -0.309 e. The van der Waals surface area contributed by atoms with E-state index in [1.165, 1.54) is 12.1 Å². The summed E-state index contributed by atoms with van der Waals surface area (Å²) in [5.74, 6) is -0.215. The Morgan fingerprint density at radius 1 is 1.10 bits per heavy atom. The van der Waals surface area contributed by atoms with Crippen LogP contribution < -0.4 is 5.32 Å². The maximum absolute atomic E-state index is 13.2. The Kier molecular flexibility index (Phi) is 5.02. The zero-order valence-corrected chi connectivity index (χ0v) is 13.4. The van der Waals surface area contributed by atoms with Crippen LogP contribution in [0.25, 0.3) is 0 Å². The Morgan fingerprint density at radius 3 is 2.29 bits per heavy atom. The van der Waals surface area contributed by atoms with Crippen molar-refractivity contribution >= 4 is 11.6 Å². The zero-order chi connectivity index (χ0) is 15.5. The Bertz CT molecular complexity index is 592. The highest BCUT2D eigenvalue weighted by Gasteiger charge is 2.33. The van der Waals surface area contributed by atoms with Gasteiger partial charge in [0.1, 0.15) is 5.82 Å². The molecule has 2 aromatic carbocycles. The molecule has 0 aliphatic rings. The van der Waals surface area contributed by atoms with Gasteiger partial charge in [0.25, 0.3) is 0 Å². The van der Waals surface area contributed by atoms with Crippen molar-refractivity contribution in [3.63, 3.8) is 0 Å². The molecule has 2 aromatic rings. The van der Waals surface area contributed by atoms with E-state index in [1.807, 2.05) is 36.4 Å². The van der Waals surface area contributed by atoms with Crippen molar-refractivity contribution in [1.29, 1.82) is 0 Å². The maximum Gasteiger partial charge on any atom is 0.123 e. The molecule has 0 aliphatic carbocycles. The minimum atomic E-state index is -0.215. The molecule has 0 radical (unpaired) electrons. The monoisotopic (exact) mass is 305 g/mol. The summed E-state index contributed by atoms with van der Waals surface area (Å²) in [4.78, 5) is 0. The molecule has 0 amide bonds. The van der Waals surface area contributed by atoms with Gasteiger partial charge in [0.15, 0.2) is 0 Å². The molecule has 0 bridgehead atoms. The van der Waals surface area contributed by atoms with Gasteiger partial charge in [-0.15, -0.1) is 0 Å². The lowest BCUT2D eigenvalue weighted by atomic mass is 9.75. The molecule has 0 fully saturated rings. The smallest absolute Gasteiger partial charge is 0.123 e. The van der Waals surface area contributed by atoms with Crippen LogP contribution in [0.2, 0.25) is 5.02 Å². The van der Waals surface area contributed by atoms with Crippen molar-refractivity contribution in [2.24, 2.45) is 0 Å². The number of rotatable bonds is 5. The van der Waals surface area contributed by atoms with Gasteiger partial charge in [-0.25, -0.2) is 4.39 Å². The predicted octanol–water partition coefficient (Wildman–Crippen LogP) is 5.11. The third kappa shape index (κ3) is 3.45. The van der Waals surface area contributed by atoms with Gasteiger partial charge in [0.2, 0.25) is 0 Å². The molecule has 0 aliphatic heterocycles.